The number of ether oxygens (including phenoxy) is 1. The molecule has 1 amide bonds. The zero-order valence-electron chi connectivity index (χ0n) is 12.2. The van der Waals surface area contributed by atoms with Crippen LogP contribution in [0.15, 0.2) is 48.5 Å². The van der Waals surface area contributed by atoms with Crippen LogP contribution in [-0.2, 0) is 17.8 Å². The Hall–Kier alpha value is -2.29. The second-order valence-electron chi connectivity index (χ2n) is 5.30. The van der Waals surface area contributed by atoms with E-state index < -0.39 is 0 Å². The highest BCUT2D eigenvalue weighted by molar-refractivity contribution is 5.93. The van der Waals surface area contributed by atoms with Gasteiger partial charge in [0.15, 0.2) is 0 Å². The van der Waals surface area contributed by atoms with E-state index in [0.717, 1.165) is 42.0 Å². The standard InChI is InChI=1S/C18H19NO2/c1-14(20)19-12-6-9-16-17(19)10-5-11-18(16)21-13-15-7-3-2-4-8-15/h2-5,7-8,10-11H,6,9,12-13H2,1H3. The fourth-order valence-electron chi connectivity index (χ4n) is 2.79. The van der Waals surface area contributed by atoms with Crippen LogP contribution < -0.4 is 9.64 Å². The number of carbonyl (C=O) groups is 1. The molecule has 108 valence electrons. The van der Waals surface area contributed by atoms with Gasteiger partial charge in [0.25, 0.3) is 0 Å². The normalized spacial score (nSPS) is 13.7. The molecular weight excluding hydrogens is 262 g/mol. The van der Waals surface area contributed by atoms with Crippen LogP contribution in [0, 0.1) is 0 Å². The van der Waals surface area contributed by atoms with Crippen LogP contribution in [0.25, 0.3) is 0 Å². The van der Waals surface area contributed by atoms with Gasteiger partial charge in [0, 0.05) is 19.0 Å². The zero-order chi connectivity index (χ0) is 14.7. The van der Waals surface area contributed by atoms with Crippen LogP contribution in [0.1, 0.15) is 24.5 Å². The number of hydrogen-bond donors (Lipinski definition) is 0. The molecule has 0 radical (unpaired) electrons. The van der Waals surface area contributed by atoms with Crippen LogP contribution >= 0.6 is 0 Å². The van der Waals surface area contributed by atoms with E-state index in [9.17, 15) is 4.79 Å². The summed E-state index contributed by atoms with van der Waals surface area (Å²) in [5.74, 6) is 0.985. The predicted octanol–water partition coefficient (Wildman–Crippen LogP) is 3.56. The van der Waals surface area contributed by atoms with Crippen molar-refractivity contribution in [3.8, 4) is 5.75 Å². The van der Waals surface area contributed by atoms with Gasteiger partial charge in [-0.25, -0.2) is 0 Å². The first-order valence-electron chi connectivity index (χ1n) is 7.32. The van der Waals surface area contributed by atoms with Crippen LogP contribution in [0.5, 0.6) is 5.75 Å². The Morgan fingerprint density at radius 1 is 1.14 bits per heavy atom. The lowest BCUT2D eigenvalue weighted by Gasteiger charge is -2.29. The minimum Gasteiger partial charge on any atom is -0.489 e. The van der Waals surface area contributed by atoms with Crippen molar-refractivity contribution in [3.05, 3.63) is 59.7 Å². The van der Waals surface area contributed by atoms with Crippen LogP contribution in [0.3, 0.4) is 0 Å². The molecule has 2 aromatic rings. The van der Waals surface area contributed by atoms with Crippen molar-refractivity contribution in [1.29, 1.82) is 0 Å². The van der Waals surface area contributed by atoms with Gasteiger partial charge in [-0.15, -0.1) is 0 Å². The maximum Gasteiger partial charge on any atom is 0.223 e. The number of hydrogen-bond acceptors (Lipinski definition) is 2. The van der Waals surface area contributed by atoms with Crippen LogP contribution in [-0.4, -0.2) is 12.5 Å². The molecule has 0 spiro atoms. The third kappa shape index (κ3) is 2.92. The summed E-state index contributed by atoms with van der Waals surface area (Å²) in [6.07, 6.45) is 1.95. The Kier molecular flexibility index (Phi) is 3.91. The van der Waals surface area contributed by atoms with Gasteiger partial charge in [-0.3, -0.25) is 4.79 Å². The highest BCUT2D eigenvalue weighted by Crippen LogP contribution is 2.34. The summed E-state index contributed by atoms with van der Waals surface area (Å²) in [6.45, 7) is 2.97. The number of amides is 1. The maximum absolute atomic E-state index is 11.7. The number of nitrogens with zero attached hydrogens (tertiary/aromatic N) is 1. The van der Waals surface area contributed by atoms with Gasteiger partial charge < -0.3 is 9.64 Å². The number of benzene rings is 2. The second kappa shape index (κ2) is 6.00. The summed E-state index contributed by atoms with van der Waals surface area (Å²) in [6, 6.07) is 16.1. The molecule has 3 heteroatoms. The van der Waals surface area contributed by atoms with Crippen molar-refractivity contribution in [2.75, 3.05) is 11.4 Å². The molecule has 1 aliphatic rings. The third-order valence-corrected chi connectivity index (χ3v) is 3.82. The average molecular weight is 281 g/mol. The Labute approximate surface area is 125 Å². The van der Waals surface area contributed by atoms with E-state index in [2.05, 4.69) is 12.1 Å². The van der Waals surface area contributed by atoms with E-state index >= 15 is 0 Å². The minimum absolute atomic E-state index is 0.0937. The van der Waals surface area contributed by atoms with Gasteiger partial charge in [0.2, 0.25) is 5.91 Å². The molecular formula is C18H19NO2. The molecule has 1 aliphatic heterocycles. The van der Waals surface area contributed by atoms with Gasteiger partial charge in [0.05, 0.1) is 5.69 Å². The number of rotatable bonds is 3. The largest absolute Gasteiger partial charge is 0.489 e. The molecule has 0 aromatic heterocycles. The minimum atomic E-state index is 0.0937. The van der Waals surface area contributed by atoms with Gasteiger partial charge in [-0.05, 0) is 30.5 Å². The summed E-state index contributed by atoms with van der Waals surface area (Å²) in [7, 11) is 0. The quantitative estimate of drug-likeness (QED) is 0.861. The molecule has 0 saturated carbocycles. The zero-order valence-corrected chi connectivity index (χ0v) is 12.2. The lowest BCUT2D eigenvalue weighted by atomic mass is 10.0. The SMILES string of the molecule is CC(=O)N1CCCc2c(OCc3ccccc3)cccc21. The van der Waals surface area contributed by atoms with E-state index in [-0.39, 0.29) is 5.91 Å². The lowest BCUT2D eigenvalue weighted by molar-refractivity contribution is -0.116. The average Bonchev–Trinajstić information content (AvgIpc) is 2.53. The molecule has 0 bridgehead atoms. The highest BCUT2D eigenvalue weighted by Gasteiger charge is 2.22. The topological polar surface area (TPSA) is 29.5 Å². The van der Waals surface area contributed by atoms with Gasteiger partial charge in [0.1, 0.15) is 12.4 Å². The molecule has 3 rings (SSSR count). The monoisotopic (exact) mass is 281 g/mol. The Bertz CT molecular complexity index is 637. The van der Waals surface area contributed by atoms with Crippen LogP contribution in [0.4, 0.5) is 5.69 Å². The van der Waals surface area contributed by atoms with E-state index in [1.807, 2.05) is 41.3 Å². The van der Waals surface area contributed by atoms with E-state index in [1.54, 1.807) is 6.92 Å². The molecule has 0 atom stereocenters. The second-order valence-corrected chi connectivity index (χ2v) is 5.30. The molecule has 2 aromatic carbocycles. The van der Waals surface area contributed by atoms with Crippen molar-refractivity contribution in [1.82, 2.24) is 0 Å². The van der Waals surface area contributed by atoms with E-state index in [4.69, 9.17) is 4.74 Å². The summed E-state index contributed by atoms with van der Waals surface area (Å²) >= 11 is 0. The Morgan fingerprint density at radius 3 is 2.71 bits per heavy atom. The van der Waals surface area contributed by atoms with Crippen molar-refractivity contribution in [3.63, 3.8) is 0 Å². The lowest BCUT2D eigenvalue weighted by Crippen LogP contribution is -2.33. The summed E-state index contributed by atoms with van der Waals surface area (Å²) in [4.78, 5) is 13.6. The number of fused-ring (bicyclic) bond motifs is 1. The van der Waals surface area contributed by atoms with Crippen molar-refractivity contribution >= 4 is 11.6 Å². The van der Waals surface area contributed by atoms with Crippen LogP contribution in [0.2, 0.25) is 0 Å². The first-order chi connectivity index (χ1) is 10.3. The van der Waals surface area contributed by atoms with Gasteiger partial charge in [-0.1, -0.05) is 36.4 Å². The molecule has 0 unspecified atom stereocenters. The molecule has 0 fully saturated rings. The fraction of sp³-hybridized carbons (Fsp3) is 0.278. The Morgan fingerprint density at radius 2 is 1.95 bits per heavy atom. The maximum atomic E-state index is 11.7. The summed E-state index contributed by atoms with van der Waals surface area (Å²) in [5.41, 5.74) is 3.29. The fourth-order valence-corrected chi connectivity index (χ4v) is 2.79. The van der Waals surface area contributed by atoms with Crippen molar-refractivity contribution in [2.24, 2.45) is 0 Å². The van der Waals surface area contributed by atoms with Gasteiger partial charge in [-0.2, -0.15) is 0 Å². The van der Waals surface area contributed by atoms with Crippen molar-refractivity contribution in [2.45, 2.75) is 26.4 Å². The van der Waals surface area contributed by atoms with Gasteiger partial charge >= 0.3 is 0 Å². The Balaban J connectivity index is 1.84. The summed E-state index contributed by atoms with van der Waals surface area (Å²) < 4.78 is 5.98. The molecule has 0 aliphatic carbocycles. The van der Waals surface area contributed by atoms with E-state index in [1.165, 1.54) is 0 Å². The summed E-state index contributed by atoms with van der Waals surface area (Å²) in [5, 5.41) is 0. The third-order valence-electron chi connectivity index (χ3n) is 3.82. The molecule has 1 heterocycles. The number of anilines is 1. The predicted molar refractivity (Wildman–Crippen MR) is 83.6 cm³/mol. The number of carbonyl (C=O) groups excluding carboxylic acids is 1. The molecule has 0 saturated heterocycles. The van der Waals surface area contributed by atoms with E-state index in [0.29, 0.717) is 6.61 Å². The molecule has 0 N–H and O–H groups in total. The smallest absolute Gasteiger partial charge is 0.223 e. The highest BCUT2D eigenvalue weighted by atomic mass is 16.5. The molecule has 21 heavy (non-hydrogen) atoms. The molecule has 3 nitrogen and oxygen atoms in total. The van der Waals surface area contributed by atoms with Crippen molar-refractivity contribution < 1.29 is 9.53 Å². The first-order valence-corrected chi connectivity index (χ1v) is 7.32. The first kappa shape index (κ1) is 13.7.